The van der Waals surface area contributed by atoms with Crippen LogP contribution in [-0.2, 0) is 10.4 Å². The van der Waals surface area contributed by atoms with Gasteiger partial charge in [-0.1, -0.05) is 19.3 Å². The number of aliphatic hydroxyl groups is 2. The SMILES string of the molecule is Cc1cc([C@@](C)(O)CNC(=O)CC2(O)CCCCC2)c(C)o1. The van der Waals surface area contributed by atoms with E-state index >= 15 is 0 Å². The molecule has 1 aromatic heterocycles. The quantitative estimate of drug-likeness (QED) is 0.779. The van der Waals surface area contributed by atoms with Crippen LogP contribution in [0.1, 0.15) is 62.5 Å². The van der Waals surface area contributed by atoms with E-state index in [1.54, 1.807) is 19.9 Å². The van der Waals surface area contributed by atoms with Gasteiger partial charge >= 0.3 is 0 Å². The molecule has 1 aliphatic rings. The molecule has 1 heterocycles. The van der Waals surface area contributed by atoms with Crippen LogP contribution in [0.2, 0.25) is 0 Å². The Kier molecular flexibility index (Phi) is 4.97. The van der Waals surface area contributed by atoms with E-state index in [-0.39, 0.29) is 18.9 Å². The van der Waals surface area contributed by atoms with E-state index < -0.39 is 11.2 Å². The maximum Gasteiger partial charge on any atom is 0.223 e. The van der Waals surface area contributed by atoms with Gasteiger partial charge in [0.05, 0.1) is 18.6 Å². The lowest BCUT2D eigenvalue weighted by Crippen LogP contribution is -2.43. The monoisotopic (exact) mass is 309 g/mol. The molecule has 0 aliphatic heterocycles. The Labute approximate surface area is 131 Å². The molecule has 5 heteroatoms. The first-order valence-electron chi connectivity index (χ1n) is 8.01. The lowest BCUT2D eigenvalue weighted by atomic mass is 9.82. The Bertz CT molecular complexity index is 527. The Morgan fingerprint density at radius 1 is 1.36 bits per heavy atom. The van der Waals surface area contributed by atoms with Gasteiger partial charge in [0, 0.05) is 5.56 Å². The van der Waals surface area contributed by atoms with Gasteiger partial charge in [0.15, 0.2) is 0 Å². The molecule has 1 aromatic rings. The van der Waals surface area contributed by atoms with E-state index in [4.69, 9.17) is 4.42 Å². The fraction of sp³-hybridized carbons (Fsp3) is 0.706. The zero-order valence-corrected chi connectivity index (χ0v) is 13.7. The molecule has 0 unspecified atom stereocenters. The number of hydrogen-bond donors (Lipinski definition) is 3. The normalized spacial score (nSPS) is 20.4. The van der Waals surface area contributed by atoms with Crippen LogP contribution >= 0.6 is 0 Å². The van der Waals surface area contributed by atoms with E-state index in [0.29, 0.717) is 24.2 Å². The molecule has 0 saturated heterocycles. The van der Waals surface area contributed by atoms with Crippen molar-refractivity contribution >= 4 is 5.91 Å². The van der Waals surface area contributed by atoms with Gasteiger partial charge in [-0.05, 0) is 39.7 Å². The van der Waals surface area contributed by atoms with Crippen molar-refractivity contribution in [2.75, 3.05) is 6.54 Å². The standard InChI is InChI=1S/C17H27NO4/c1-12-9-14(13(2)22-12)16(3,20)11-18-15(19)10-17(21)7-5-4-6-8-17/h9,20-21H,4-8,10-11H2,1-3H3,(H,18,19)/t16-/m0/s1. The number of carbonyl (C=O) groups is 1. The fourth-order valence-corrected chi connectivity index (χ4v) is 3.28. The minimum absolute atomic E-state index is 0.0989. The molecular weight excluding hydrogens is 282 g/mol. The third-order valence-corrected chi connectivity index (χ3v) is 4.52. The summed E-state index contributed by atoms with van der Waals surface area (Å²) in [4.78, 5) is 12.1. The van der Waals surface area contributed by atoms with Crippen molar-refractivity contribution in [3.8, 4) is 0 Å². The summed E-state index contributed by atoms with van der Waals surface area (Å²) in [5.41, 5.74) is -1.38. The van der Waals surface area contributed by atoms with Crippen LogP contribution in [0.4, 0.5) is 0 Å². The first-order chi connectivity index (χ1) is 10.2. The third-order valence-electron chi connectivity index (χ3n) is 4.52. The van der Waals surface area contributed by atoms with Crippen LogP contribution in [0.25, 0.3) is 0 Å². The molecule has 2 rings (SSSR count). The van der Waals surface area contributed by atoms with Crippen molar-refractivity contribution in [3.63, 3.8) is 0 Å². The van der Waals surface area contributed by atoms with Gasteiger partial charge in [-0.25, -0.2) is 0 Å². The number of nitrogens with one attached hydrogen (secondary N) is 1. The molecule has 22 heavy (non-hydrogen) atoms. The largest absolute Gasteiger partial charge is 0.466 e. The molecular formula is C17H27NO4. The molecule has 0 bridgehead atoms. The molecule has 0 radical (unpaired) electrons. The number of amides is 1. The summed E-state index contributed by atoms with van der Waals surface area (Å²) in [6.07, 6.45) is 4.52. The number of rotatable bonds is 5. The van der Waals surface area contributed by atoms with E-state index in [0.717, 1.165) is 25.0 Å². The van der Waals surface area contributed by atoms with Crippen molar-refractivity contribution in [3.05, 3.63) is 23.2 Å². The topological polar surface area (TPSA) is 82.7 Å². The van der Waals surface area contributed by atoms with E-state index in [9.17, 15) is 15.0 Å². The van der Waals surface area contributed by atoms with Crippen molar-refractivity contribution in [2.45, 2.75) is 70.5 Å². The Hall–Kier alpha value is -1.33. The van der Waals surface area contributed by atoms with Gasteiger partial charge in [-0.15, -0.1) is 0 Å². The molecule has 124 valence electrons. The highest BCUT2D eigenvalue weighted by atomic mass is 16.3. The van der Waals surface area contributed by atoms with Crippen molar-refractivity contribution in [1.82, 2.24) is 5.32 Å². The van der Waals surface area contributed by atoms with Crippen LogP contribution in [0.15, 0.2) is 10.5 Å². The van der Waals surface area contributed by atoms with E-state index in [1.807, 2.05) is 6.92 Å². The highest BCUT2D eigenvalue weighted by Gasteiger charge is 2.33. The van der Waals surface area contributed by atoms with Crippen LogP contribution in [0, 0.1) is 13.8 Å². The first kappa shape index (κ1) is 17.0. The summed E-state index contributed by atoms with van der Waals surface area (Å²) < 4.78 is 5.43. The second-order valence-electron chi connectivity index (χ2n) is 6.84. The fourth-order valence-electron chi connectivity index (χ4n) is 3.28. The minimum Gasteiger partial charge on any atom is -0.466 e. The zero-order valence-electron chi connectivity index (χ0n) is 13.7. The van der Waals surface area contributed by atoms with Crippen molar-refractivity contribution < 1.29 is 19.4 Å². The second kappa shape index (κ2) is 6.42. The molecule has 1 fully saturated rings. The van der Waals surface area contributed by atoms with Gasteiger partial charge in [0.1, 0.15) is 17.1 Å². The van der Waals surface area contributed by atoms with E-state index in [1.165, 1.54) is 0 Å². The van der Waals surface area contributed by atoms with Gasteiger partial charge in [-0.2, -0.15) is 0 Å². The molecule has 0 spiro atoms. The number of hydrogen-bond acceptors (Lipinski definition) is 4. The molecule has 3 N–H and O–H groups in total. The van der Waals surface area contributed by atoms with Crippen molar-refractivity contribution in [1.29, 1.82) is 0 Å². The average molecular weight is 309 g/mol. The molecule has 1 amide bonds. The second-order valence-corrected chi connectivity index (χ2v) is 6.84. The van der Waals surface area contributed by atoms with Gasteiger partial charge in [0.25, 0.3) is 0 Å². The Morgan fingerprint density at radius 3 is 2.55 bits per heavy atom. The van der Waals surface area contributed by atoms with Gasteiger partial charge in [-0.3, -0.25) is 4.79 Å². The predicted octanol–water partition coefficient (Wildman–Crippen LogP) is 2.31. The molecule has 1 saturated carbocycles. The Morgan fingerprint density at radius 2 is 2.00 bits per heavy atom. The summed E-state index contributed by atoms with van der Waals surface area (Å²) in [5, 5.41) is 23.7. The molecule has 1 aliphatic carbocycles. The molecule has 5 nitrogen and oxygen atoms in total. The highest BCUT2D eigenvalue weighted by molar-refractivity contribution is 5.77. The third kappa shape index (κ3) is 4.11. The first-order valence-corrected chi connectivity index (χ1v) is 8.01. The van der Waals surface area contributed by atoms with Gasteiger partial charge in [0.2, 0.25) is 5.91 Å². The number of carbonyl (C=O) groups excluding carboxylic acids is 1. The predicted molar refractivity (Wildman–Crippen MR) is 83.4 cm³/mol. The summed E-state index contributed by atoms with van der Waals surface area (Å²) in [7, 11) is 0. The number of aryl methyl sites for hydroxylation is 2. The summed E-state index contributed by atoms with van der Waals surface area (Å²) in [6.45, 7) is 5.37. The van der Waals surface area contributed by atoms with Crippen molar-refractivity contribution in [2.24, 2.45) is 0 Å². The summed E-state index contributed by atoms with van der Waals surface area (Å²) >= 11 is 0. The van der Waals surface area contributed by atoms with Crippen LogP contribution in [-0.4, -0.2) is 28.3 Å². The maximum absolute atomic E-state index is 12.1. The lowest BCUT2D eigenvalue weighted by molar-refractivity contribution is -0.128. The van der Waals surface area contributed by atoms with Crippen LogP contribution < -0.4 is 5.32 Å². The molecule has 1 atom stereocenters. The summed E-state index contributed by atoms with van der Waals surface area (Å²) in [6, 6.07) is 1.79. The molecule has 0 aromatic carbocycles. The van der Waals surface area contributed by atoms with Crippen LogP contribution in [0.5, 0.6) is 0 Å². The van der Waals surface area contributed by atoms with Crippen LogP contribution in [0.3, 0.4) is 0 Å². The smallest absolute Gasteiger partial charge is 0.223 e. The highest BCUT2D eigenvalue weighted by Crippen LogP contribution is 2.31. The lowest BCUT2D eigenvalue weighted by Gasteiger charge is -2.32. The van der Waals surface area contributed by atoms with Gasteiger partial charge < -0.3 is 19.9 Å². The maximum atomic E-state index is 12.1. The minimum atomic E-state index is -1.19. The zero-order chi connectivity index (χ0) is 16.4. The Balaban J connectivity index is 1.91. The van der Waals surface area contributed by atoms with E-state index in [2.05, 4.69) is 5.32 Å². The average Bonchev–Trinajstić information content (AvgIpc) is 2.77. The summed E-state index contributed by atoms with van der Waals surface area (Å²) in [5.74, 6) is 1.17. The number of furan rings is 1.